The van der Waals surface area contributed by atoms with Crippen LogP contribution in [0.5, 0.6) is 5.75 Å². The fourth-order valence-corrected chi connectivity index (χ4v) is 2.92. The average Bonchev–Trinajstić information content (AvgIpc) is 2.80. The summed E-state index contributed by atoms with van der Waals surface area (Å²) in [7, 11) is 0. The van der Waals surface area contributed by atoms with E-state index in [-0.39, 0.29) is 11.9 Å². The lowest BCUT2D eigenvalue weighted by Gasteiger charge is -2.16. The normalized spacial score (nSPS) is 14.8. The monoisotopic (exact) mass is 326 g/mol. The zero-order valence-electron chi connectivity index (χ0n) is 10.8. The third-order valence-corrected chi connectivity index (χ3v) is 3.82. The lowest BCUT2D eigenvalue weighted by atomic mass is 9.98. The van der Waals surface area contributed by atoms with E-state index in [4.69, 9.17) is 16.2 Å². The molecule has 1 unspecified atom stereocenters. The first-order chi connectivity index (χ1) is 9.08. The zero-order chi connectivity index (χ0) is 13.8. The van der Waals surface area contributed by atoms with Gasteiger partial charge in [-0.3, -0.25) is 4.79 Å². The van der Waals surface area contributed by atoms with Crippen LogP contribution < -0.4 is 16.2 Å². The van der Waals surface area contributed by atoms with Crippen LogP contribution in [-0.2, 0) is 11.2 Å². The average molecular weight is 327 g/mol. The van der Waals surface area contributed by atoms with Crippen LogP contribution in [-0.4, -0.2) is 12.5 Å². The Hall–Kier alpha value is -1.07. The first kappa shape index (κ1) is 14.3. The van der Waals surface area contributed by atoms with Gasteiger partial charge in [0.1, 0.15) is 5.75 Å². The van der Waals surface area contributed by atoms with Crippen molar-refractivity contribution in [1.29, 1.82) is 0 Å². The number of amides is 1. The van der Waals surface area contributed by atoms with Crippen LogP contribution >= 0.6 is 15.9 Å². The molecule has 1 aliphatic heterocycles. The fraction of sp³-hybridized carbons (Fsp3) is 0.500. The van der Waals surface area contributed by atoms with Gasteiger partial charge in [0.25, 0.3) is 0 Å². The summed E-state index contributed by atoms with van der Waals surface area (Å²) in [5, 5.41) is 0. The van der Waals surface area contributed by atoms with Crippen LogP contribution in [0.2, 0.25) is 0 Å². The Kier molecular flexibility index (Phi) is 4.82. The predicted molar refractivity (Wildman–Crippen MR) is 77.9 cm³/mol. The number of hydrogen-bond acceptors (Lipinski definition) is 3. The molecule has 1 aromatic rings. The number of nitrogens with two attached hydrogens (primary N) is 2. The number of primary amides is 1. The number of rotatable bonds is 6. The molecule has 1 aromatic carbocycles. The predicted octanol–water partition coefficient (Wildman–Crippen LogP) is 2.43. The van der Waals surface area contributed by atoms with Gasteiger partial charge in [-0.25, -0.2) is 0 Å². The van der Waals surface area contributed by atoms with Gasteiger partial charge in [-0.1, -0.05) is 22.4 Å². The molecule has 0 bridgehead atoms. The maximum atomic E-state index is 10.7. The van der Waals surface area contributed by atoms with E-state index in [0.29, 0.717) is 6.42 Å². The summed E-state index contributed by atoms with van der Waals surface area (Å²) >= 11 is 3.51. The van der Waals surface area contributed by atoms with Gasteiger partial charge in [0.15, 0.2) is 0 Å². The van der Waals surface area contributed by atoms with E-state index < -0.39 is 0 Å². The van der Waals surface area contributed by atoms with Gasteiger partial charge in [-0.15, -0.1) is 0 Å². The van der Waals surface area contributed by atoms with Crippen molar-refractivity contribution in [3.05, 3.63) is 27.7 Å². The van der Waals surface area contributed by atoms with E-state index >= 15 is 0 Å². The molecule has 2 rings (SSSR count). The van der Waals surface area contributed by atoms with Crippen molar-refractivity contribution in [3.63, 3.8) is 0 Å². The van der Waals surface area contributed by atoms with E-state index in [9.17, 15) is 4.79 Å². The van der Waals surface area contributed by atoms with Gasteiger partial charge in [-0.05, 0) is 30.5 Å². The van der Waals surface area contributed by atoms with Gasteiger partial charge >= 0.3 is 0 Å². The molecule has 0 spiro atoms. The Morgan fingerprint density at radius 3 is 2.95 bits per heavy atom. The van der Waals surface area contributed by atoms with Crippen molar-refractivity contribution in [3.8, 4) is 5.75 Å². The summed E-state index contributed by atoms with van der Waals surface area (Å²) in [6, 6.07) is 4.06. The fourth-order valence-electron chi connectivity index (χ4n) is 2.39. The molecule has 0 fully saturated rings. The number of benzene rings is 1. The van der Waals surface area contributed by atoms with E-state index in [1.165, 1.54) is 5.56 Å². The van der Waals surface area contributed by atoms with Crippen LogP contribution in [0.4, 0.5) is 0 Å². The van der Waals surface area contributed by atoms with Crippen LogP contribution in [0.15, 0.2) is 16.6 Å². The Labute approximate surface area is 121 Å². The Bertz CT molecular complexity index is 477. The summed E-state index contributed by atoms with van der Waals surface area (Å²) in [4.78, 5) is 10.7. The topological polar surface area (TPSA) is 78.3 Å². The maximum absolute atomic E-state index is 10.7. The molecule has 1 aliphatic rings. The van der Waals surface area contributed by atoms with Crippen LogP contribution in [0.1, 0.15) is 42.9 Å². The minimum Gasteiger partial charge on any atom is -0.493 e. The molecule has 104 valence electrons. The number of ether oxygens (including phenoxy) is 1. The highest BCUT2D eigenvalue weighted by atomic mass is 79.9. The van der Waals surface area contributed by atoms with Crippen LogP contribution in [0.25, 0.3) is 0 Å². The molecule has 1 atom stereocenters. The first-order valence-electron chi connectivity index (χ1n) is 6.57. The highest BCUT2D eigenvalue weighted by Crippen LogP contribution is 2.37. The Balaban J connectivity index is 1.99. The van der Waals surface area contributed by atoms with Crippen molar-refractivity contribution in [2.24, 2.45) is 11.5 Å². The SMILES string of the molecule is NC(=O)CCCCC(N)c1cc(Br)cc2c1OCC2. The smallest absolute Gasteiger partial charge is 0.217 e. The minimum atomic E-state index is -0.250. The third-order valence-electron chi connectivity index (χ3n) is 3.36. The van der Waals surface area contributed by atoms with Crippen molar-refractivity contribution in [2.45, 2.75) is 38.1 Å². The molecule has 1 heterocycles. The summed E-state index contributed by atoms with van der Waals surface area (Å²) in [6.07, 6.45) is 3.89. The molecule has 4 nitrogen and oxygen atoms in total. The van der Waals surface area contributed by atoms with Crippen LogP contribution in [0.3, 0.4) is 0 Å². The van der Waals surface area contributed by atoms with E-state index in [0.717, 1.165) is 48.1 Å². The molecule has 0 aromatic heterocycles. The van der Waals surface area contributed by atoms with Crippen molar-refractivity contribution in [1.82, 2.24) is 0 Å². The molecular weight excluding hydrogens is 308 g/mol. The maximum Gasteiger partial charge on any atom is 0.217 e. The summed E-state index contributed by atoms with van der Waals surface area (Å²) < 4.78 is 6.72. The van der Waals surface area contributed by atoms with Crippen molar-refractivity contribution in [2.75, 3.05) is 6.61 Å². The van der Waals surface area contributed by atoms with Gasteiger partial charge in [-0.2, -0.15) is 0 Å². The molecule has 0 saturated carbocycles. The number of fused-ring (bicyclic) bond motifs is 1. The number of carbonyl (C=O) groups is 1. The lowest BCUT2D eigenvalue weighted by molar-refractivity contribution is -0.118. The summed E-state index contributed by atoms with van der Waals surface area (Å²) in [6.45, 7) is 0.729. The largest absolute Gasteiger partial charge is 0.493 e. The Morgan fingerprint density at radius 1 is 1.42 bits per heavy atom. The lowest BCUT2D eigenvalue weighted by Crippen LogP contribution is -2.13. The van der Waals surface area contributed by atoms with E-state index in [2.05, 4.69) is 22.0 Å². The van der Waals surface area contributed by atoms with E-state index in [1.54, 1.807) is 0 Å². The van der Waals surface area contributed by atoms with Crippen molar-refractivity contribution >= 4 is 21.8 Å². The zero-order valence-corrected chi connectivity index (χ0v) is 12.4. The van der Waals surface area contributed by atoms with Crippen LogP contribution in [0, 0.1) is 0 Å². The molecule has 1 amide bonds. The second kappa shape index (κ2) is 6.39. The number of unbranched alkanes of at least 4 members (excludes halogenated alkanes) is 1. The molecule has 0 saturated heterocycles. The molecule has 4 N–H and O–H groups in total. The van der Waals surface area contributed by atoms with Gasteiger partial charge in [0, 0.05) is 28.9 Å². The van der Waals surface area contributed by atoms with Crippen molar-refractivity contribution < 1.29 is 9.53 Å². The molecule has 0 aliphatic carbocycles. The number of carbonyl (C=O) groups excluding carboxylic acids is 1. The van der Waals surface area contributed by atoms with E-state index in [1.807, 2.05) is 6.07 Å². The van der Waals surface area contributed by atoms with Gasteiger partial charge < -0.3 is 16.2 Å². The highest BCUT2D eigenvalue weighted by Gasteiger charge is 2.21. The molecule has 5 heteroatoms. The number of hydrogen-bond donors (Lipinski definition) is 2. The van der Waals surface area contributed by atoms with Gasteiger partial charge in [0.2, 0.25) is 5.91 Å². The standard InChI is InChI=1S/C14H19BrN2O2/c15-10-7-9-5-6-19-14(9)11(8-10)12(16)3-1-2-4-13(17)18/h7-8,12H,1-6,16H2,(H2,17,18). The molecule has 19 heavy (non-hydrogen) atoms. The minimum absolute atomic E-state index is 0.0581. The first-order valence-corrected chi connectivity index (χ1v) is 7.36. The number of halogens is 1. The third kappa shape index (κ3) is 3.70. The molecular formula is C14H19BrN2O2. The second-order valence-electron chi connectivity index (χ2n) is 4.90. The van der Waals surface area contributed by atoms with Gasteiger partial charge in [0.05, 0.1) is 6.61 Å². The summed E-state index contributed by atoms with van der Waals surface area (Å²) in [5.41, 5.74) is 13.6. The Morgan fingerprint density at radius 2 is 2.21 bits per heavy atom. The summed E-state index contributed by atoms with van der Waals surface area (Å²) in [5.74, 6) is 0.700. The second-order valence-corrected chi connectivity index (χ2v) is 5.82. The molecule has 0 radical (unpaired) electrons. The quantitative estimate of drug-likeness (QED) is 0.788. The highest BCUT2D eigenvalue weighted by molar-refractivity contribution is 9.10.